The summed E-state index contributed by atoms with van der Waals surface area (Å²) in [5.41, 5.74) is 1.29. The van der Waals surface area contributed by atoms with E-state index in [4.69, 9.17) is 4.52 Å². The van der Waals surface area contributed by atoms with Crippen molar-refractivity contribution < 1.29 is 14.1 Å². The molecule has 1 aliphatic heterocycles. The second kappa shape index (κ2) is 7.43. The fourth-order valence-electron chi connectivity index (χ4n) is 2.74. The van der Waals surface area contributed by atoms with Crippen LogP contribution in [-0.4, -0.2) is 64.5 Å². The molecule has 0 unspecified atom stereocenters. The van der Waals surface area contributed by atoms with Crippen LogP contribution in [0, 0.1) is 13.8 Å². The molecule has 132 valence electrons. The maximum atomic E-state index is 12.5. The third kappa shape index (κ3) is 4.42. The highest BCUT2D eigenvalue weighted by Crippen LogP contribution is 2.09. The van der Waals surface area contributed by atoms with Crippen molar-refractivity contribution in [3.63, 3.8) is 0 Å². The number of pyridine rings is 1. The van der Waals surface area contributed by atoms with Crippen molar-refractivity contribution in [2.24, 2.45) is 0 Å². The standard InChI is InChI=1S/C17H21N5O3/c1-12-4-3-5-14(18-12)17(24)22-8-6-21(7-9-22)11-16(23)19-15-10-13(2)25-20-15/h3-5,10H,6-9,11H2,1-2H3,(H,19,20,23). The van der Waals surface area contributed by atoms with E-state index < -0.39 is 0 Å². The SMILES string of the molecule is Cc1cccc(C(=O)N2CCN(CC(=O)Nc3cc(C)on3)CC2)n1. The Balaban J connectivity index is 1.48. The zero-order valence-electron chi connectivity index (χ0n) is 14.4. The van der Waals surface area contributed by atoms with E-state index in [9.17, 15) is 9.59 Å². The lowest BCUT2D eigenvalue weighted by molar-refractivity contribution is -0.117. The summed E-state index contributed by atoms with van der Waals surface area (Å²) in [5, 5.41) is 6.44. The van der Waals surface area contributed by atoms with Crippen LogP contribution in [0.2, 0.25) is 0 Å². The fourth-order valence-corrected chi connectivity index (χ4v) is 2.74. The molecule has 8 heteroatoms. The number of nitrogens with one attached hydrogen (secondary N) is 1. The molecule has 0 radical (unpaired) electrons. The highest BCUT2D eigenvalue weighted by atomic mass is 16.5. The summed E-state index contributed by atoms with van der Waals surface area (Å²) >= 11 is 0. The molecule has 1 saturated heterocycles. The second-order valence-electron chi connectivity index (χ2n) is 6.10. The van der Waals surface area contributed by atoms with Gasteiger partial charge in [0.15, 0.2) is 5.82 Å². The molecule has 1 aliphatic rings. The Morgan fingerprint density at radius 3 is 2.60 bits per heavy atom. The van der Waals surface area contributed by atoms with Gasteiger partial charge in [-0.3, -0.25) is 14.5 Å². The van der Waals surface area contributed by atoms with Gasteiger partial charge in [0.25, 0.3) is 5.91 Å². The number of aromatic nitrogens is 2. The van der Waals surface area contributed by atoms with E-state index in [1.54, 1.807) is 24.0 Å². The summed E-state index contributed by atoms with van der Waals surface area (Å²) in [4.78, 5) is 32.6. The van der Waals surface area contributed by atoms with Gasteiger partial charge in [-0.25, -0.2) is 4.98 Å². The van der Waals surface area contributed by atoms with E-state index in [0.717, 1.165) is 5.69 Å². The smallest absolute Gasteiger partial charge is 0.272 e. The Morgan fingerprint density at radius 2 is 1.96 bits per heavy atom. The molecule has 8 nitrogen and oxygen atoms in total. The molecule has 3 heterocycles. The van der Waals surface area contributed by atoms with E-state index in [2.05, 4.69) is 15.5 Å². The molecule has 3 rings (SSSR count). The highest BCUT2D eigenvalue weighted by molar-refractivity contribution is 5.92. The van der Waals surface area contributed by atoms with Gasteiger partial charge in [0.05, 0.1) is 6.54 Å². The van der Waals surface area contributed by atoms with Crippen LogP contribution in [-0.2, 0) is 4.79 Å². The van der Waals surface area contributed by atoms with Crippen LogP contribution in [0.5, 0.6) is 0 Å². The number of carbonyl (C=O) groups is 2. The lowest BCUT2D eigenvalue weighted by atomic mass is 10.2. The fraction of sp³-hybridized carbons (Fsp3) is 0.412. The van der Waals surface area contributed by atoms with Gasteiger partial charge >= 0.3 is 0 Å². The van der Waals surface area contributed by atoms with E-state index >= 15 is 0 Å². The minimum absolute atomic E-state index is 0.0640. The average molecular weight is 343 g/mol. The molecule has 25 heavy (non-hydrogen) atoms. The minimum Gasteiger partial charge on any atom is -0.360 e. The van der Waals surface area contributed by atoms with Crippen LogP contribution >= 0.6 is 0 Å². The molecule has 0 saturated carbocycles. The number of aryl methyl sites for hydroxylation is 2. The van der Waals surface area contributed by atoms with E-state index in [0.29, 0.717) is 43.5 Å². The zero-order valence-corrected chi connectivity index (χ0v) is 14.4. The Morgan fingerprint density at radius 1 is 1.20 bits per heavy atom. The number of rotatable bonds is 4. The van der Waals surface area contributed by atoms with Gasteiger partial charge in [0, 0.05) is 37.9 Å². The number of nitrogens with zero attached hydrogens (tertiary/aromatic N) is 4. The van der Waals surface area contributed by atoms with E-state index in [1.165, 1.54) is 0 Å². The monoisotopic (exact) mass is 343 g/mol. The van der Waals surface area contributed by atoms with Crippen LogP contribution in [0.25, 0.3) is 0 Å². The molecule has 1 N–H and O–H groups in total. The van der Waals surface area contributed by atoms with Crippen molar-refractivity contribution >= 4 is 17.6 Å². The molecule has 0 aliphatic carbocycles. The predicted octanol–water partition coefficient (Wildman–Crippen LogP) is 1.08. The third-order valence-corrected chi connectivity index (χ3v) is 4.03. The van der Waals surface area contributed by atoms with Crippen molar-refractivity contribution in [1.82, 2.24) is 19.9 Å². The molecular formula is C17H21N5O3. The van der Waals surface area contributed by atoms with Crippen molar-refractivity contribution in [1.29, 1.82) is 0 Å². The number of hydrogen-bond donors (Lipinski definition) is 1. The minimum atomic E-state index is -0.145. The number of hydrogen-bond acceptors (Lipinski definition) is 6. The summed E-state index contributed by atoms with van der Waals surface area (Å²) < 4.78 is 4.92. The molecule has 2 amide bonds. The Hall–Kier alpha value is -2.74. The zero-order chi connectivity index (χ0) is 17.8. The summed E-state index contributed by atoms with van der Waals surface area (Å²) in [6.45, 7) is 6.32. The van der Waals surface area contributed by atoms with Crippen molar-refractivity contribution in [2.45, 2.75) is 13.8 Å². The van der Waals surface area contributed by atoms with Crippen LogP contribution < -0.4 is 5.32 Å². The summed E-state index contributed by atoms with van der Waals surface area (Å²) in [6.07, 6.45) is 0. The molecular weight excluding hydrogens is 322 g/mol. The predicted molar refractivity (Wildman–Crippen MR) is 91.2 cm³/mol. The first-order chi connectivity index (χ1) is 12.0. The third-order valence-electron chi connectivity index (χ3n) is 4.03. The van der Waals surface area contributed by atoms with Crippen molar-refractivity contribution in [3.8, 4) is 0 Å². The largest absolute Gasteiger partial charge is 0.360 e. The molecule has 1 fully saturated rings. The van der Waals surface area contributed by atoms with Gasteiger partial charge in [0.1, 0.15) is 11.5 Å². The summed E-state index contributed by atoms with van der Waals surface area (Å²) in [5.74, 6) is 0.855. The lowest BCUT2D eigenvalue weighted by Crippen LogP contribution is -2.50. The number of carbonyl (C=O) groups excluding carboxylic acids is 2. The Kier molecular flexibility index (Phi) is 5.08. The quantitative estimate of drug-likeness (QED) is 0.893. The molecule has 0 bridgehead atoms. The average Bonchev–Trinajstić information content (AvgIpc) is 2.99. The second-order valence-corrected chi connectivity index (χ2v) is 6.10. The molecule has 0 spiro atoms. The Bertz CT molecular complexity index is 765. The number of piperazine rings is 1. The summed E-state index contributed by atoms with van der Waals surface area (Å²) in [7, 11) is 0. The topological polar surface area (TPSA) is 91.6 Å². The van der Waals surface area contributed by atoms with Gasteiger partial charge in [0.2, 0.25) is 5.91 Å². The Labute approximate surface area is 145 Å². The maximum Gasteiger partial charge on any atom is 0.272 e. The van der Waals surface area contributed by atoms with Crippen molar-refractivity contribution in [2.75, 3.05) is 38.0 Å². The van der Waals surface area contributed by atoms with Crippen LogP contribution in [0.4, 0.5) is 5.82 Å². The van der Waals surface area contributed by atoms with E-state index in [1.807, 2.05) is 24.0 Å². The van der Waals surface area contributed by atoms with Crippen LogP contribution in [0.15, 0.2) is 28.8 Å². The van der Waals surface area contributed by atoms with Gasteiger partial charge in [-0.15, -0.1) is 0 Å². The van der Waals surface area contributed by atoms with Gasteiger partial charge in [-0.2, -0.15) is 0 Å². The first-order valence-corrected chi connectivity index (χ1v) is 8.20. The number of anilines is 1. The summed E-state index contributed by atoms with van der Waals surface area (Å²) in [6, 6.07) is 7.10. The first-order valence-electron chi connectivity index (χ1n) is 8.20. The van der Waals surface area contributed by atoms with Gasteiger partial charge in [-0.1, -0.05) is 11.2 Å². The normalized spacial score (nSPS) is 15.2. The first kappa shape index (κ1) is 17.1. The lowest BCUT2D eigenvalue weighted by Gasteiger charge is -2.34. The van der Waals surface area contributed by atoms with E-state index in [-0.39, 0.29) is 18.4 Å². The maximum absolute atomic E-state index is 12.5. The number of amides is 2. The molecule has 2 aromatic heterocycles. The molecule has 2 aromatic rings. The van der Waals surface area contributed by atoms with Crippen LogP contribution in [0.1, 0.15) is 21.9 Å². The molecule has 0 atom stereocenters. The highest BCUT2D eigenvalue weighted by Gasteiger charge is 2.24. The van der Waals surface area contributed by atoms with Gasteiger partial charge in [-0.05, 0) is 26.0 Å². The van der Waals surface area contributed by atoms with Crippen molar-refractivity contribution in [3.05, 3.63) is 41.4 Å². The van der Waals surface area contributed by atoms with Gasteiger partial charge < -0.3 is 14.7 Å². The van der Waals surface area contributed by atoms with Crippen LogP contribution in [0.3, 0.4) is 0 Å². The molecule has 0 aromatic carbocycles.